The van der Waals surface area contributed by atoms with Crippen LogP contribution in [-0.2, 0) is 6.54 Å². The van der Waals surface area contributed by atoms with E-state index in [0.29, 0.717) is 5.88 Å². The maximum Gasteiger partial charge on any atom is 0.228 e. The quantitative estimate of drug-likeness (QED) is 0.409. The van der Waals surface area contributed by atoms with Gasteiger partial charge in [0.15, 0.2) is 0 Å². The Morgan fingerprint density at radius 2 is 1.76 bits per heavy atom. The minimum Gasteiger partial charge on any atom is -0.496 e. The van der Waals surface area contributed by atoms with E-state index in [2.05, 4.69) is 44.0 Å². The van der Waals surface area contributed by atoms with Crippen molar-refractivity contribution in [2.45, 2.75) is 6.54 Å². The molecule has 4 aromatic rings. The number of rotatable bonds is 6. The van der Waals surface area contributed by atoms with E-state index in [1.54, 1.807) is 26.5 Å². The number of aromatic nitrogens is 2. The fourth-order valence-corrected chi connectivity index (χ4v) is 4.15. The third-order valence-corrected chi connectivity index (χ3v) is 5.85. The molecule has 172 valence electrons. The zero-order chi connectivity index (χ0) is 21.9. The van der Waals surface area contributed by atoms with Crippen molar-refractivity contribution in [3.05, 3.63) is 66.6 Å². The van der Waals surface area contributed by atoms with Crippen LogP contribution in [0, 0.1) is 0 Å². The Morgan fingerprint density at radius 1 is 0.939 bits per heavy atom. The second-order valence-corrected chi connectivity index (χ2v) is 7.83. The van der Waals surface area contributed by atoms with Gasteiger partial charge >= 0.3 is 0 Å². The van der Waals surface area contributed by atoms with Crippen molar-refractivity contribution in [3.63, 3.8) is 0 Å². The lowest BCUT2D eigenvalue weighted by Gasteiger charge is -2.34. The van der Waals surface area contributed by atoms with E-state index in [4.69, 9.17) is 13.9 Å². The summed E-state index contributed by atoms with van der Waals surface area (Å²) in [6.07, 6.45) is 1.74. The number of methoxy groups -OCH3 is 2. The maximum absolute atomic E-state index is 6.13. The first kappa shape index (κ1) is 22.9. The summed E-state index contributed by atoms with van der Waals surface area (Å²) < 4.78 is 16.9. The van der Waals surface area contributed by atoms with Gasteiger partial charge in [-0.2, -0.15) is 4.98 Å². The van der Waals surface area contributed by atoms with Gasteiger partial charge in [-0.1, -0.05) is 24.3 Å². The van der Waals surface area contributed by atoms with E-state index >= 15 is 0 Å². The van der Waals surface area contributed by atoms with Crippen molar-refractivity contribution in [2.24, 2.45) is 0 Å². The van der Waals surface area contributed by atoms with E-state index < -0.39 is 0 Å². The molecule has 0 bridgehead atoms. The lowest BCUT2D eigenvalue weighted by Crippen LogP contribution is -2.46. The molecule has 1 fully saturated rings. The highest BCUT2D eigenvalue weighted by molar-refractivity contribution is 5.86. The fourth-order valence-electron chi connectivity index (χ4n) is 4.15. The van der Waals surface area contributed by atoms with Gasteiger partial charge in [0.2, 0.25) is 11.8 Å². The molecule has 0 N–H and O–H groups in total. The molecule has 0 saturated carbocycles. The van der Waals surface area contributed by atoms with E-state index in [1.165, 1.54) is 0 Å². The van der Waals surface area contributed by atoms with Crippen LogP contribution in [0.3, 0.4) is 0 Å². The molecule has 0 spiro atoms. The molecule has 5 rings (SSSR count). The number of para-hydroxylation sites is 1. The van der Waals surface area contributed by atoms with Crippen LogP contribution in [0.25, 0.3) is 22.1 Å². The van der Waals surface area contributed by atoms with Gasteiger partial charge in [-0.05, 0) is 29.8 Å². The first-order valence-electron chi connectivity index (χ1n) is 10.7. The molecule has 0 aliphatic carbocycles. The summed E-state index contributed by atoms with van der Waals surface area (Å²) >= 11 is 0. The Hall–Kier alpha value is -3.29. The lowest BCUT2D eigenvalue weighted by molar-refractivity contribution is 0.231. The monoisotopic (exact) mass is 466 g/mol. The number of hydrogen-bond donors (Lipinski definition) is 0. The van der Waals surface area contributed by atoms with Gasteiger partial charge in [0.05, 0.1) is 20.8 Å². The van der Waals surface area contributed by atoms with Crippen molar-refractivity contribution < 1.29 is 13.9 Å². The largest absolute Gasteiger partial charge is 0.496 e. The molecule has 0 amide bonds. The summed E-state index contributed by atoms with van der Waals surface area (Å²) in [5, 5.41) is 1.10. The van der Waals surface area contributed by atoms with Crippen LogP contribution in [0.4, 0.5) is 5.95 Å². The first-order valence-corrected chi connectivity index (χ1v) is 10.7. The molecule has 33 heavy (non-hydrogen) atoms. The van der Waals surface area contributed by atoms with Crippen LogP contribution in [-0.4, -0.2) is 55.3 Å². The van der Waals surface area contributed by atoms with E-state index in [0.717, 1.165) is 72.3 Å². The molecule has 0 radical (unpaired) electrons. The minimum atomic E-state index is 0. The van der Waals surface area contributed by atoms with Crippen molar-refractivity contribution in [3.8, 4) is 22.8 Å². The van der Waals surface area contributed by atoms with Crippen molar-refractivity contribution in [1.29, 1.82) is 0 Å². The van der Waals surface area contributed by atoms with Crippen LogP contribution in [0.2, 0.25) is 0 Å². The second-order valence-electron chi connectivity index (χ2n) is 7.83. The predicted octanol–water partition coefficient (Wildman–Crippen LogP) is 4.65. The molecule has 1 saturated heterocycles. The first-order chi connectivity index (χ1) is 15.7. The van der Waals surface area contributed by atoms with Gasteiger partial charge < -0.3 is 18.8 Å². The van der Waals surface area contributed by atoms with Gasteiger partial charge in [0.1, 0.15) is 17.1 Å². The normalized spacial score (nSPS) is 14.2. The number of anilines is 1. The van der Waals surface area contributed by atoms with Crippen molar-refractivity contribution in [1.82, 2.24) is 14.9 Å². The SMILES string of the molecule is COc1ccnc(N2CCN(Cc3cc4cc(-c5ccccc5OC)ccc4o3)CC2)n1.Cl. The predicted molar refractivity (Wildman–Crippen MR) is 132 cm³/mol. The summed E-state index contributed by atoms with van der Waals surface area (Å²) in [5.74, 6) is 3.15. The number of hydrogen-bond acceptors (Lipinski definition) is 7. The molecule has 3 heterocycles. The number of halogens is 1. The molecular formula is C25H27ClN4O3. The molecular weight excluding hydrogens is 440 g/mol. The second kappa shape index (κ2) is 10.1. The zero-order valence-corrected chi connectivity index (χ0v) is 19.5. The molecule has 0 unspecified atom stereocenters. The van der Waals surface area contributed by atoms with Gasteiger partial charge in [0.25, 0.3) is 0 Å². The smallest absolute Gasteiger partial charge is 0.228 e. The van der Waals surface area contributed by atoms with Crippen LogP contribution in [0.15, 0.2) is 65.2 Å². The highest BCUT2D eigenvalue weighted by atomic mass is 35.5. The highest BCUT2D eigenvalue weighted by Crippen LogP contribution is 2.32. The molecule has 7 nitrogen and oxygen atoms in total. The van der Waals surface area contributed by atoms with E-state index in [-0.39, 0.29) is 12.4 Å². The number of benzene rings is 2. The Morgan fingerprint density at radius 3 is 2.55 bits per heavy atom. The number of fused-ring (bicyclic) bond motifs is 1. The van der Waals surface area contributed by atoms with Crippen LogP contribution >= 0.6 is 12.4 Å². The average Bonchev–Trinajstić information content (AvgIpc) is 3.26. The van der Waals surface area contributed by atoms with E-state index in [1.807, 2.05) is 24.3 Å². The molecule has 8 heteroatoms. The van der Waals surface area contributed by atoms with Crippen LogP contribution < -0.4 is 14.4 Å². The van der Waals surface area contributed by atoms with Crippen molar-refractivity contribution >= 4 is 29.3 Å². The average molecular weight is 467 g/mol. The third-order valence-electron chi connectivity index (χ3n) is 5.85. The Bertz CT molecular complexity index is 1220. The van der Waals surface area contributed by atoms with Crippen molar-refractivity contribution in [2.75, 3.05) is 45.3 Å². The molecule has 1 aliphatic rings. The standard InChI is InChI=1S/C25H26N4O3.ClH/c1-30-23-6-4-3-5-21(23)18-7-8-22-19(15-18)16-20(32-22)17-28-11-13-29(14-12-28)25-26-10-9-24(27-25)31-2;/h3-10,15-16H,11-14,17H2,1-2H3;1H. The van der Waals surface area contributed by atoms with Crippen LogP contribution in [0.1, 0.15) is 5.76 Å². The number of furan rings is 1. The van der Waals surface area contributed by atoms with Gasteiger partial charge in [-0.15, -0.1) is 12.4 Å². The van der Waals surface area contributed by atoms with E-state index in [9.17, 15) is 0 Å². The van der Waals surface area contributed by atoms with Gasteiger partial charge in [0, 0.05) is 49.4 Å². The Labute approximate surface area is 199 Å². The number of piperazine rings is 1. The molecule has 1 aliphatic heterocycles. The molecule has 0 atom stereocenters. The van der Waals surface area contributed by atoms with Gasteiger partial charge in [-0.3, -0.25) is 4.90 Å². The third kappa shape index (κ3) is 4.89. The number of nitrogens with zero attached hydrogens (tertiary/aromatic N) is 4. The maximum atomic E-state index is 6.13. The Kier molecular flexibility index (Phi) is 7.01. The highest BCUT2D eigenvalue weighted by Gasteiger charge is 2.20. The summed E-state index contributed by atoms with van der Waals surface area (Å²) in [6, 6.07) is 18.3. The molecule has 2 aromatic heterocycles. The minimum absolute atomic E-state index is 0. The summed E-state index contributed by atoms with van der Waals surface area (Å²) in [7, 11) is 3.32. The summed E-state index contributed by atoms with van der Waals surface area (Å²) in [5.41, 5.74) is 3.10. The summed E-state index contributed by atoms with van der Waals surface area (Å²) in [4.78, 5) is 13.4. The number of ether oxygens (including phenoxy) is 2. The molecule has 2 aromatic carbocycles. The topological polar surface area (TPSA) is 63.9 Å². The van der Waals surface area contributed by atoms with Gasteiger partial charge in [-0.25, -0.2) is 4.98 Å². The fraction of sp³-hybridized carbons (Fsp3) is 0.280. The van der Waals surface area contributed by atoms with Crippen LogP contribution in [0.5, 0.6) is 11.6 Å². The Balaban J connectivity index is 0.00000259. The summed E-state index contributed by atoms with van der Waals surface area (Å²) in [6.45, 7) is 4.36. The zero-order valence-electron chi connectivity index (χ0n) is 18.7. The lowest BCUT2D eigenvalue weighted by atomic mass is 10.0.